The van der Waals surface area contributed by atoms with Crippen molar-refractivity contribution in [2.75, 3.05) is 40.3 Å². The minimum absolute atomic E-state index is 0. The molecule has 4 unspecified atom stereocenters. The number of fused-ring (bicyclic) bond motifs is 4. The molecule has 0 saturated carbocycles. The molecule has 6 nitrogen and oxygen atoms in total. The molecule has 9 heteroatoms. The average molecular weight is 462 g/mol. The summed E-state index contributed by atoms with van der Waals surface area (Å²) >= 11 is 0. The number of halogens is 3. The zero-order chi connectivity index (χ0) is 18.2. The number of hydrogen-bond acceptors (Lipinski definition) is 5. The monoisotopic (exact) mass is 460 g/mol. The molecule has 1 amide bonds. The zero-order valence-electron chi connectivity index (χ0n) is 17.8. The van der Waals surface area contributed by atoms with Gasteiger partial charge in [0.25, 0.3) is 0 Å². The summed E-state index contributed by atoms with van der Waals surface area (Å²) in [4.78, 5) is 18.8. The van der Waals surface area contributed by atoms with E-state index in [-0.39, 0.29) is 48.9 Å². The maximum Gasteiger partial charge on any atom is 0.410 e. The fourth-order valence-corrected chi connectivity index (χ4v) is 4.74. The lowest BCUT2D eigenvalue weighted by Gasteiger charge is -2.39. The predicted molar refractivity (Wildman–Crippen MR) is 122 cm³/mol. The molecule has 0 aromatic carbocycles. The fourth-order valence-electron chi connectivity index (χ4n) is 4.74. The zero-order valence-corrected chi connectivity index (χ0v) is 20.3. The highest BCUT2D eigenvalue weighted by Gasteiger charge is 2.43. The van der Waals surface area contributed by atoms with Crippen LogP contribution >= 0.6 is 37.2 Å². The van der Waals surface area contributed by atoms with E-state index >= 15 is 0 Å². The molecular formula is C19H39Cl3N4O2. The number of rotatable bonds is 0. The molecule has 4 rings (SSSR count). The molecule has 0 spiro atoms. The van der Waals surface area contributed by atoms with Gasteiger partial charge in [-0.15, -0.1) is 37.2 Å². The van der Waals surface area contributed by atoms with Crippen molar-refractivity contribution in [3.8, 4) is 0 Å². The predicted octanol–water partition coefficient (Wildman–Crippen LogP) is 3.02. The van der Waals surface area contributed by atoms with E-state index in [1.165, 1.54) is 25.9 Å². The number of nitrogens with one attached hydrogen (secondary N) is 1. The van der Waals surface area contributed by atoms with Gasteiger partial charge in [-0.1, -0.05) is 0 Å². The van der Waals surface area contributed by atoms with Gasteiger partial charge in [-0.2, -0.15) is 0 Å². The molecule has 4 fully saturated rings. The number of ether oxygens (including phenoxy) is 1. The highest BCUT2D eigenvalue weighted by atomic mass is 35.5. The van der Waals surface area contributed by atoms with Crippen LogP contribution in [0.25, 0.3) is 0 Å². The van der Waals surface area contributed by atoms with E-state index in [0.717, 1.165) is 38.0 Å². The standard InChI is InChI=1S/C12H22N2O2.C7H14N2.3ClH/c1-12(2,3)16-11(15)14-9-5-6-10(14)8-13(4)7-9;1-9-4-6-2-3-7(5-9)8-6;;;/h9-10H,5-8H2,1-4H3;6-8H,2-5H2,1H3;3*1H. The van der Waals surface area contributed by atoms with Gasteiger partial charge in [0.2, 0.25) is 0 Å². The Hall–Kier alpha value is 0.0200. The van der Waals surface area contributed by atoms with E-state index in [1.54, 1.807) is 0 Å². The molecule has 0 aliphatic carbocycles. The van der Waals surface area contributed by atoms with E-state index in [4.69, 9.17) is 4.74 Å². The second-order valence-corrected chi connectivity index (χ2v) is 9.35. The van der Waals surface area contributed by atoms with Gasteiger partial charge in [0, 0.05) is 50.3 Å². The van der Waals surface area contributed by atoms with Gasteiger partial charge >= 0.3 is 6.09 Å². The van der Waals surface area contributed by atoms with Crippen LogP contribution < -0.4 is 5.32 Å². The molecule has 4 heterocycles. The number of carbonyl (C=O) groups is 1. The van der Waals surface area contributed by atoms with E-state index in [0.29, 0.717) is 12.1 Å². The molecule has 0 aromatic rings. The van der Waals surface area contributed by atoms with E-state index in [1.807, 2.05) is 25.7 Å². The van der Waals surface area contributed by atoms with Crippen LogP contribution in [0, 0.1) is 0 Å². The lowest BCUT2D eigenvalue weighted by atomic mass is 10.2. The van der Waals surface area contributed by atoms with Gasteiger partial charge < -0.3 is 19.9 Å². The van der Waals surface area contributed by atoms with Crippen molar-refractivity contribution in [2.24, 2.45) is 0 Å². The van der Waals surface area contributed by atoms with Gasteiger partial charge in [-0.25, -0.2) is 4.79 Å². The van der Waals surface area contributed by atoms with E-state index in [2.05, 4.69) is 29.2 Å². The van der Waals surface area contributed by atoms with Crippen LogP contribution in [0.5, 0.6) is 0 Å². The summed E-state index contributed by atoms with van der Waals surface area (Å²) in [7, 11) is 4.34. The minimum Gasteiger partial charge on any atom is -0.444 e. The third kappa shape index (κ3) is 7.37. The molecule has 168 valence electrons. The molecule has 0 aromatic heterocycles. The molecule has 1 N–H and O–H groups in total. The topological polar surface area (TPSA) is 48.0 Å². The number of amides is 1. The smallest absolute Gasteiger partial charge is 0.410 e. The molecule has 4 aliphatic rings. The highest BCUT2D eigenvalue weighted by Crippen LogP contribution is 2.30. The number of nitrogens with zero attached hydrogens (tertiary/aromatic N) is 3. The maximum atomic E-state index is 12.1. The molecule has 4 atom stereocenters. The van der Waals surface area contributed by atoms with Crippen molar-refractivity contribution in [2.45, 2.75) is 76.2 Å². The Bertz CT molecular complexity index is 466. The van der Waals surface area contributed by atoms with Gasteiger partial charge in [-0.05, 0) is 60.5 Å². The lowest BCUT2D eigenvalue weighted by Crippen LogP contribution is -2.55. The first kappa shape index (κ1) is 28.0. The lowest BCUT2D eigenvalue weighted by molar-refractivity contribution is -0.00115. The Balaban J connectivity index is 0.000000525. The Morgan fingerprint density at radius 3 is 1.68 bits per heavy atom. The molecule has 28 heavy (non-hydrogen) atoms. The van der Waals surface area contributed by atoms with Gasteiger partial charge in [-0.3, -0.25) is 4.90 Å². The number of likely N-dealkylation sites (tertiary alicyclic amines) is 2. The van der Waals surface area contributed by atoms with Gasteiger partial charge in [0.1, 0.15) is 5.60 Å². The average Bonchev–Trinajstić information content (AvgIpc) is 2.95. The first-order valence-corrected chi connectivity index (χ1v) is 9.86. The Kier molecular flexibility index (Phi) is 11.4. The summed E-state index contributed by atoms with van der Waals surface area (Å²) in [5.41, 5.74) is -0.389. The second kappa shape index (κ2) is 11.4. The normalized spacial score (nSPS) is 31.5. The largest absolute Gasteiger partial charge is 0.444 e. The molecular weight excluding hydrogens is 423 g/mol. The van der Waals surface area contributed by atoms with Gasteiger partial charge in [0.15, 0.2) is 0 Å². The van der Waals surface area contributed by atoms with Crippen molar-refractivity contribution in [3.63, 3.8) is 0 Å². The second-order valence-electron chi connectivity index (χ2n) is 9.35. The van der Waals surface area contributed by atoms with Crippen LogP contribution in [0.1, 0.15) is 46.5 Å². The quantitative estimate of drug-likeness (QED) is 0.601. The first-order chi connectivity index (χ1) is 11.7. The Morgan fingerprint density at radius 2 is 1.25 bits per heavy atom. The number of carbonyl (C=O) groups excluding carboxylic acids is 1. The van der Waals surface area contributed by atoms with Crippen LogP contribution in [0.2, 0.25) is 0 Å². The van der Waals surface area contributed by atoms with Crippen molar-refractivity contribution >= 4 is 43.3 Å². The summed E-state index contributed by atoms with van der Waals surface area (Å²) in [6, 6.07) is 2.35. The van der Waals surface area contributed by atoms with Crippen LogP contribution in [-0.4, -0.2) is 90.8 Å². The fraction of sp³-hybridized carbons (Fsp3) is 0.947. The molecule has 0 radical (unpaired) electrons. The number of hydrogen-bond donors (Lipinski definition) is 1. The number of likely N-dealkylation sites (N-methyl/N-ethyl adjacent to an activating group) is 2. The third-order valence-corrected chi connectivity index (χ3v) is 5.67. The summed E-state index contributed by atoms with van der Waals surface area (Å²) in [6.45, 7) is 10.2. The Morgan fingerprint density at radius 1 is 0.821 bits per heavy atom. The third-order valence-electron chi connectivity index (χ3n) is 5.67. The summed E-state index contributed by atoms with van der Waals surface area (Å²) in [5, 5.41) is 3.58. The Labute approximate surface area is 189 Å². The molecule has 4 saturated heterocycles. The van der Waals surface area contributed by atoms with Crippen LogP contribution in [0.3, 0.4) is 0 Å². The van der Waals surface area contributed by atoms with E-state index < -0.39 is 0 Å². The molecule has 4 bridgehead atoms. The van der Waals surface area contributed by atoms with Crippen molar-refractivity contribution < 1.29 is 9.53 Å². The van der Waals surface area contributed by atoms with Crippen molar-refractivity contribution in [3.05, 3.63) is 0 Å². The van der Waals surface area contributed by atoms with Crippen LogP contribution in [-0.2, 0) is 4.74 Å². The first-order valence-electron chi connectivity index (χ1n) is 9.86. The molecule has 4 aliphatic heterocycles. The number of piperazine rings is 2. The van der Waals surface area contributed by atoms with Crippen LogP contribution in [0.4, 0.5) is 4.79 Å². The van der Waals surface area contributed by atoms with Crippen molar-refractivity contribution in [1.82, 2.24) is 20.0 Å². The summed E-state index contributed by atoms with van der Waals surface area (Å²) in [6.07, 6.45) is 4.90. The maximum absolute atomic E-state index is 12.1. The summed E-state index contributed by atoms with van der Waals surface area (Å²) < 4.78 is 5.46. The SMILES string of the molecule is CN1CC2CCC(C1)N2.CN1CC2CCC(C1)N2C(=O)OC(C)(C)C.Cl.Cl.Cl. The van der Waals surface area contributed by atoms with E-state index in [9.17, 15) is 4.79 Å². The van der Waals surface area contributed by atoms with Crippen LogP contribution in [0.15, 0.2) is 0 Å². The summed E-state index contributed by atoms with van der Waals surface area (Å²) in [5.74, 6) is 0. The van der Waals surface area contributed by atoms with Gasteiger partial charge in [0.05, 0.1) is 0 Å². The van der Waals surface area contributed by atoms with Crippen molar-refractivity contribution in [1.29, 1.82) is 0 Å². The minimum atomic E-state index is -0.389. The highest BCUT2D eigenvalue weighted by molar-refractivity contribution is 5.86.